The maximum atomic E-state index is 5.87. The number of aromatic nitrogens is 3. The molecule has 0 aromatic carbocycles. The first-order valence-electron chi connectivity index (χ1n) is 7.42. The zero-order valence-corrected chi connectivity index (χ0v) is 12.6. The highest BCUT2D eigenvalue weighted by atomic mass is 35.5. The fraction of sp³-hybridized carbons (Fsp3) is 0.867. The Labute approximate surface area is 119 Å². The van der Waals surface area contributed by atoms with Gasteiger partial charge < -0.3 is 0 Å². The van der Waals surface area contributed by atoms with E-state index >= 15 is 0 Å². The summed E-state index contributed by atoms with van der Waals surface area (Å²) < 4.78 is 0. The van der Waals surface area contributed by atoms with Gasteiger partial charge in [0.05, 0.1) is 5.88 Å². The van der Waals surface area contributed by atoms with Crippen molar-refractivity contribution in [1.82, 2.24) is 15.2 Å². The zero-order valence-electron chi connectivity index (χ0n) is 11.8. The van der Waals surface area contributed by atoms with E-state index in [1.807, 2.05) is 0 Å². The van der Waals surface area contributed by atoms with Crippen LogP contribution < -0.4 is 0 Å². The predicted molar refractivity (Wildman–Crippen MR) is 75.0 cm³/mol. The lowest BCUT2D eigenvalue weighted by Gasteiger charge is -2.64. The van der Waals surface area contributed by atoms with Crippen molar-refractivity contribution in [2.45, 2.75) is 63.7 Å². The molecule has 2 atom stereocenters. The number of hydrogen-bond acceptors (Lipinski definition) is 2. The first-order valence-corrected chi connectivity index (χ1v) is 7.96. The van der Waals surface area contributed by atoms with Crippen molar-refractivity contribution in [1.29, 1.82) is 0 Å². The average Bonchev–Trinajstić information content (AvgIpc) is 2.72. The van der Waals surface area contributed by atoms with Crippen molar-refractivity contribution >= 4 is 11.6 Å². The van der Waals surface area contributed by atoms with E-state index in [2.05, 4.69) is 29.0 Å². The zero-order chi connectivity index (χ0) is 13.3. The van der Waals surface area contributed by atoms with Gasteiger partial charge in [0.25, 0.3) is 0 Å². The Morgan fingerprint density at radius 2 is 1.84 bits per heavy atom. The smallest absolute Gasteiger partial charge is 0.156 e. The van der Waals surface area contributed by atoms with E-state index in [0.717, 1.165) is 17.6 Å². The lowest BCUT2D eigenvalue weighted by molar-refractivity contribution is -0.112. The van der Waals surface area contributed by atoms with Gasteiger partial charge in [0.1, 0.15) is 5.82 Å². The number of nitrogens with zero attached hydrogens (tertiary/aromatic N) is 2. The van der Waals surface area contributed by atoms with Crippen LogP contribution in [0.2, 0.25) is 0 Å². The molecule has 1 aromatic rings. The highest BCUT2D eigenvalue weighted by Gasteiger charge is 2.61. The summed E-state index contributed by atoms with van der Waals surface area (Å²) in [5, 5.41) is 7.53. The topological polar surface area (TPSA) is 41.6 Å². The summed E-state index contributed by atoms with van der Waals surface area (Å²) in [5.41, 5.74) is 1.25. The molecule has 0 saturated heterocycles. The Morgan fingerprint density at radius 1 is 1.16 bits per heavy atom. The van der Waals surface area contributed by atoms with E-state index in [1.165, 1.54) is 38.5 Å². The summed E-state index contributed by atoms with van der Waals surface area (Å²) in [6.07, 6.45) is 8.05. The summed E-state index contributed by atoms with van der Waals surface area (Å²) in [6, 6.07) is 0. The van der Waals surface area contributed by atoms with Gasteiger partial charge in [-0.25, -0.2) is 4.98 Å². The van der Waals surface area contributed by atoms with E-state index in [9.17, 15) is 0 Å². The van der Waals surface area contributed by atoms with Crippen molar-refractivity contribution in [3.8, 4) is 0 Å². The van der Waals surface area contributed by atoms with Gasteiger partial charge in [-0.05, 0) is 55.3 Å². The van der Waals surface area contributed by atoms with Crippen molar-refractivity contribution < 1.29 is 0 Å². The second-order valence-electron chi connectivity index (χ2n) is 8.15. The van der Waals surface area contributed by atoms with Gasteiger partial charge in [0.2, 0.25) is 0 Å². The molecule has 0 radical (unpaired) electrons. The van der Waals surface area contributed by atoms with Gasteiger partial charge in [-0.2, -0.15) is 5.10 Å². The van der Waals surface area contributed by atoms with Crippen LogP contribution in [0.25, 0.3) is 0 Å². The number of rotatable bonds is 2. The van der Waals surface area contributed by atoms with Crippen molar-refractivity contribution in [3.63, 3.8) is 0 Å². The molecule has 4 heteroatoms. The van der Waals surface area contributed by atoms with Crippen molar-refractivity contribution in [3.05, 3.63) is 11.6 Å². The summed E-state index contributed by atoms with van der Waals surface area (Å²) in [4.78, 5) is 4.68. The molecule has 4 fully saturated rings. The lowest BCUT2D eigenvalue weighted by atomic mass is 9.40. The van der Waals surface area contributed by atoms with E-state index in [4.69, 9.17) is 11.6 Å². The molecular weight excluding hydrogens is 258 g/mol. The molecule has 3 nitrogen and oxygen atoms in total. The molecule has 4 bridgehead atoms. The Bertz CT molecular complexity index is 505. The third-order valence-electron chi connectivity index (χ3n) is 5.76. The first kappa shape index (κ1) is 12.2. The normalized spacial score (nSPS) is 47.8. The van der Waals surface area contributed by atoms with Crippen LogP contribution >= 0.6 is 11.6 Å². The molecule has 2 unspecified atom stereocenters. The maximum absolute atomic E-state index is 5.87. The summed E-state index contributed by atoms with van der Waals surface area (Å²) in [6.45, 7) is 4.97. The number of hydrogen-bond donors (Lipinski definition) is 1. The number of alkyl halides is 1. The first-order chi connectivity index (χ1) is 8.94. The number of nitrogens with one attached hydrogen (secondary N) is 1. The molecule has 0 amide bonds. The summed E-state index contributed by atoms with van der Waals surface area (Å²) in [7, 11) is 0. The van der Waals surface area contributed by atoms with Gasteiger partial charge in [0, 0.05) is 5.41 Å². The van der Waals surface area contributed by atoms with Gasteiger partial charge >= 0.3 is 0 Å². The summed E-state index contributed by atoms with van der Waals surface area (Å²) in [5.74, 6) is 3.18. The standard InChI is InChI=1S/C15H22ClN3/c1-13-3-10-4-14(2,7-13)9-15(5-10,8-13)12-17-11(6-16)18-19-12/h10H,3-9H2,1-2H3,(H,17,18,19). The second kappa shape index (κ2) is 3.55. The van der Waals surface area contributed by atoms with Crippen LogP contribution in [0, 0.1) is 16.7 Å². The van der Waals surface area contributed by atoms with Crippen molar-refractivity contribution in [2.75, 3.05) is 0 Å². The van der Waals surface area contributed by atoms with Gasteiger partial charge in [0.15, 0.2) is 5.82 Å². The van der Waals surface area contributed by atoms with Crippen LogP contribution in [0.5, 0.6) is 0 Å². The number of halogens is 1. The van der Waals surface area contributed by atoms with Crippen LogP contribution in [0.1, 0.15) is 64.0 Å². The van der Waals surface area contributed by atoms with Gasteiger partial charge in [-0.1, -0.05) is 13.8 Å². The minimum Gasteiger partial charge on any atom is -0.262 e. The molecule has 1 heterocycles. The average molecular weight is 280 g/mol. The molecule has 4 aliphatic carbocycles. The quantitative estimate of drug-likeness (QED) is 0.837. The highest BCUT2D eigenvalue weighted by Crippen LogP contribution is 2.69. The molecule has 4 saturated carbocycles. The van der Waals surface area contributed by atoms with Crippen LogP contribution in [0.4, 0.5) is 0 Å². The summed E-state index contributed by atoms with van der Waals surface area (Å²) >= 11 is 5.87. The van der Waals surface area contributed by atoms with Crippen LogP contribution in [0.3, 0.4) is 0 Å². The fourth-order valence-electron chi connectivity index (χ4n) is 6.29. The Kier molecular flexibility index (Phi) is 2.27. The maximum Gasteiger partial charge on any atom is 0.156 e. The van der Waals surface area contributed by atoms with E-state index < -0.39 is 0 Å². The number of aromatic amines is 1. The largest absolute Gasteiger partial charge is 0.262 e. The molecule has 1 aromatic heterocycles. The predicted octanol–water partition coefficient (Wildman–Crippen LogP) is 3.79. The van der Waals surface area contributed by atoms with E-state index in [1.54, 1.807) is 0 Å². The molecule has 0 spiro atoms. The second-order valence-corrected chi connectivity index (χ2v) is 8.42. The lowest BCUT2D eigenvalue weighted by Crippen LogP contribution is -2.57. The Balaban J connectivity index is 1.78. The van der Waals surface area contributed by atoms with Crippen LogP contribution in [0.15, 0.2) is 0 Å². The third kappa shape index (κ3) is 1.70. The fourth-order valence-corrected chi connectivity index (χ4v) is 6.41. The third-order valence-corrected chi connectivity index (χ3v) is 6.01. The monoisotopic (exact) mass is 279 g/mol. The number of H-pyrrole nitrogens is 1. The van der Waals surface area contributed by atoms with Gasteiger partial charge in [-0.3, -0.25) is 5.10 Å². The van der Waals surface area contributed by atoms with Crippen LogP contribution in [-0.2, 0) is 11.3 Å². The molecule has 5 rings (SSSR count). The Hall–Kier alpha value is -0.570. The SMILES string of the molecule is CC12CC3CC(C)(C1)CC(c1n[nH]c(CCl)n1)(C3)C2. The molecule has 0 aliphatic heterocycles. The molecule has 4 aliphatic rings. The molecule has 1 N–H and O–H groups in total. The van der Waals surface area contributed by atoms with Gasteiger partial charge in [-0.15, -0.1) is 11.6 Å². The highest BCUT2D eigenvalue weighted by molar-refractivity contribution is 6.16. The molecule has 104 valence electrons. The molecule has 19 heavy (non-hydrogen) atoms. The minimum absolute atomic E-state index is 0.226. The Morgan fingerprint density at radius 3 is 2.37 bits per heavy atom. The van der Waals surface area contributed by atoms with Crippen LogP contribution in [-0.4, -0.2) is 15.2 Å². The molecular formula is C15H22ClN3. The van der Waals surface area contributed by atoms with Crippen molar-refractivity contribution in [2.24, 2.45) is 16.7 Å². The minimum atomic E-state index is 0.226. The van der Waals surface area contributed by atoms with E-state index in [0.29, 0.717) is 16.7 Å². The van der Waals surface area contributed by atoms with E-state index in [-0.39, 0.29) is 5.41 Å².